The first-order valence-electron chi connectivity index (χ1n) is 5.68. The molecule has 1 unspecified atom stereocenters. The summed E-state index contributed by atoms with van der Waals surface area (Å²) >= 11 is 0. The summed E-state index contributed by atoms with van der Waals surface area (Å²) in [5.41, 5.74) is 0. The predicted octanol–water partition coefficient (Wildman–Crippen LogP) is -0.316. The van der Waals surface area contributed by atoms with E-state index in [9.17, 15) is 4.79 Å². The summed E-state index contributed by atoms with van der Waals surface area (Å²) < 4.78 is 5.41. The molecule has 2 heterocycles. The molecule has 1 atom stereocenters. The van der Waals surface area contributed by atoms with Gasteiger partial charge in [-0.1, -0.05) is 0 Å². The van der Waals surface area contributed by atoms with E-state index >= 15 is 0 Å². The predicted molar refractivity (Wildman–Crippen MR) is 56.7 cm³/mol. The number of hydrogen-bond donors (Lipinski definition) is 3. The Kier molecular flexibility index (Phi) is 3.80. The highest BCUT2D eigenvalue weighted by atomic mass is 16.5. The third-order valence-electron chi connectivity index (χ3n) is 2.93. The van der Waals surface area contributed by atoms with Crippen LogP contribution < -0.4 is 16.0 Å². The molecule has 2 saturated heterocycles. The zero-order valence-corrected chi connectivity index (χ0v) is 8.92. The second kappa shape index (κ2) is 5.32. The van der Waals surface area contributed by atoms with Crippen molar-refractivity contribution in [1.82, 2.24) is 16.0 Å². The third kappa shape index (κ3) is 3.35. The lowest BCUT2D eigenvalue weighted by Crippen LogP contribution is -2.50. The molecule has 2 fully saturated rings. The van der Waals surface area contributed by atoms with Gasteiger partial charge in [-0.3, -0.25) is 0 Å². The average molecular weight is 213 g/mol. The molecule has 5 nitrogen and oxygen atoms in total. The van der Waals surface area contributed by atoms with Crippen molar-refractivity contribution in [2.75, 3.05) is 32.8 Å². The van der Waals surface area contributed by atoms with Crippen LogP contribution in [0.5, 0.6) is 0 Å². The van der Waals surface area contributed by atoms with Crippen molar-refractivity contribution in [1.29, 1.82) is 0 Å². The Hall–Kier alpha value is -0.810. The molecular formula is C10H19N3O2. The van der Waals surface area contributed by atoms with Crippen LogP contribution in [0.1, 0.15) is 12.8 Å². The number of nitrogens with one attached hydrogen (secondary N) is 3. The van der Waals surface area contributed by atoms with Gasteiger partial charge in [0.15, 0.2) is 0 Å². The normalized spacial score (nSPS) is 26.0. The summed E-state index contributed by atoms with van der Waals surface area (Å²) in [5, 5.41) is 8.87. The van der Waals surface area contributed by atoms with Gasteiger partial charge in [-0.15, -0.1) is 0 Å². The van der Waals surface area contributed by atoms with Crippen molar-refractivity contribution in [2.24, 2.45) is 5.92 Å². The monoisotopic (exact) mass is 213 g/mol. The van der Waals surface area contributed by atoms with Crippen molar-refractivity contribution in [3.63, 3.8) is 0 Å². The fourth-order valence-corrected chi connectivity index (χ4v) is 1.80. The van der Waals surface area contributed by atoms with Gasteiger partial charge in [0.2, 0.25) is 0 Å². The quantitative estimate of drug-likeness (QED) is 0.600. The SMILES string of the molecule is O=C(NCC1CNC1)NCC1CCCO1. The van der Waals surface area contributed by atoms with E-state index in [0.717, 1.165) is 39.1 Å². The smallest absolute Gasteiger partial charge is 0.314 e. The summed E-state index contributed by atoms with van der Waals surface area (Å²) in [6.07, 6.45) is 2.40. The highest BCUT2D eigenvalue weighted by molar-refractivity contribution is 5.73. The molecule has 0 radical (unpaired) electrons. The first-order valence-corrected chi connectivity index (χ1v) is 5.68. The van der Waals surface area contributed by atoms with Gasteiger partial charge in [-0.25, -0.2) is 4.79 Å². The van der Waals surface area contributed by atoms with Crippen molar-refractivity contribution < 1.29 is 9.53 Å². The molecule has 2 aliphatic heterocycles. The molecule has 2 aliphatic rings. The molecule has 0 saturated carbocycles. The molecule has 0 aromatic rings. The maximum Gasteiger partial charge on any atom is 0.314 e. The zero-order chi connectivity index (χ0) is 10.5. The lowest BCUT2D eigenvalue weighted by molar-refractivity contribution is 0.111. The fraction of sp³-hybridized carbons (Fsp3) is 0.900. The van der Waals surface area contributed by atoms with E-state index in [2.05, 4.69) is 16.0 Å². The standard InChI is InChI=1S/C10H19N3O2/c14-10(12-6-8-4-11-5-8)13-7-9-2-1-3-15-9/h8-9,11H,1-7H2,(H2,12,13,14). The fourth-order valence-electron chi connectivity index (χ4n) is 1.80. The van der Waals surface area contributed by atoms with E-state index in [4.69, 9.17) is 4.74 Å². The molecule has 0 aliphatic carbocycles. The molecule has 0 spiro atoms. The van der Waals surface area contributed by atoms with Crippen LogP contribution in [0.4, 0.5) is 4.79 Å². The van der Waals surface area contributed by atoms with Gasteiger partial charge in [0.25, 0.3) is 0 Å². The first kappa shape index (κ1) is 10.7. The molecule has 86 valence electrons. The van der Waals surface area contributed by atoms with Gasteiger partial charge in [-0.05, 0) is 12.8 Å². The van der Waals surface area contributed by atoms with Gasteiger partial charge in [-0.2, -0.15) is 0 Å². The molecule has 0 bridgehead atoms. The first-order chi connectivity index (χ1) is 7.34. The minimum atomic E-state index is -0.0719. The van der Waals surface area contributed by atoms with Crippen LogP contribution in [0.2, 0.25) is 0 Å². The van der Waals surface area contributed by atoms with Crippen LogP contribution in [0.3, 0.4) is 0 Å². The summed E-state index contributed by atoms with van der Waals surface area (Å²) in [6, 6.07) is -0.0719. The minimum absolute atomic E-state index is 0.0719. The van der Waals surface area contributed by atoms with Crippen LogP contribution in [-0.2, 0) is 4.74 Å². The Morgan fingerprint density at radius 3 is 2.73 bits per heavy atom. The average Bonchev–Trinajstić information content (AvgIpc) is 2.64. The van der Waals surface area contributed by atoms with E-state index in [1.807, 2.05) is 0 Å². The van der Waals surface area contributed by atoms with Gasteiger partial charge >= 0.3 is 6.03 Å². The van der Waals surface area contributed by atoms with Gasteiger partial charge in [0.1, 0.15) is 0 Å². The Morgan fingerprint density at radius 2 is 2.13 bits per heavy atom. The maximum atomic E-state index is 11.3. The lowest BCUT2D eigenvalue weighted by atomic mass is 10.0. The molecular weight excluding hydrogens is 194 g/mol. The number of carbonyl (C=O) groups is 1. The number of urea groups is 1. The van der Waals surface area contributed by atoms with Crippen LogP contribution in [0, 0.1) is 5.92 Å². The highest BCUT2D eigenvalue weighted by Crippen LogP contribution is 2.10. The van der Waals surface area contributed by atoms with E-state index in [-0.39, 0.29) is 12.1 Å². The Labute approximate surface area is 89.9 Å². The topological polar surface area (TPSA) is 62.4 Å². The second-order valence-electron chi connectivity index (χ2n) is 4.25. The zero-order valence-electron chi connectivity index (χ0n) is 8.92. The largest absolute Gasteiger partial charge is 0.376 e. The second-order valence-corrected chi connectivity index (χ2v) is 4.25. The van der Waals surface area contributed by atoms with Crippen molar-refractivity contribution >= 4 is 6.03 Å². The molecule has 0 aromatic heterocycles. The van der Waals surface area contributed by atoms with E-state index in [1.165, 1.54) is 0 Å². The number of amides is 2. The van der Waals surface area contributed by atoms with E-state index in [1.54, 1.807) is 0 Å². The number of rotatable bonds is 4. The van der Waals surface area contributed by atoms with Crippen molar-refractivity contribution in [2.45, 2.75) is 18.9 Å². The molecule has 3 N–H and O–H groups in total. The molecule has 15 heavy (non-hydrogen) atoms. The number of ether oxygens (including phenoxy) is 1. The van der Waals surface area contributed by atoms with Gasteiger partial charge < -0.3 is 20.7 Å². The third-order valence-corrected chi connectivity index (χ3v) is 2.93. The van der Waals surface area contributed by atoms with Crippen molar-refractivity contribution in [3.8, 4) is 0 Å². The van der Waals surface area contributed by atoms with Crippen LogP contribution in [0.15, 0.2) is 0 Å². The summed E-state index contributed by atoms with van der Waals surface area (Å²) in [6.45, 7) is 4.28. The number of hydrogen-bond acceptors (Lipinski definition) is 3. The van der Waals surface area contributed by atoms with E-state index in [0.29, 0.717) is 12.5 Å². The minimum Gasteiger partial charge on any atom is -0.376 e. The summed E-state index contributed by atoms with van der Waals surface area (Å²) in [7, 11) is 0. The molecule has 2 amide bonds. The maximum absolute atomic E-state index is 11.3. The van der Waals surface area contributed by atoms with Crippen molar-refractivity contribution in [3.05, 3.63) is 0 Å². The Balaban J connectivity index is 1.51. The van der Waals surface area contributed by atoms with Crippen LogP contribution >= 0.6 is 0 Å². The Morgan fingerprint density at radius 1 is 1.33 bits per heavy atom. The summed E-state index contributed by atoms with van der Waals surface area (Å²) in [5.74, 6) is 0.610. The van der Waals surface area contributed by atoms with Gasteiger partial charge in [0.05, 0.1) is 6.10 Å². The number of carbonyl (C=O) groups excluding carboxylic acids is 1. The Bertz CT molecular complexity index is 213. The highest BCUT2D eigenvalue weighted by Gasteiger charge is 2.18. The van der Waals surface area contributed by atoms with Gasteiger partial charge in [0, 0.05) is 38.7 Å². The molecule has 5 heteroatoms. The van der Waals surface area contributed by atoms with Crippen LogP contribution in [-0.4, -0.2) is 44.9 Å². The van der Waals surface area contributed by atoms with E-state index < -0.39 is 0 Å². The molecule has 2 rings (SSSR count). The lowest BCUT2D eigenvalue weighted by Gasteiger charge is -2.27. The van der Waals surface area contributed by atoms with Crippen LogP contribution in [0.25, 0.3) is 0 Å². The molecule has 0 aromatic carbocycles. The summed E-state index contributed by atoms with van der Waals surface area (Å²) in [4.78, 5) is 11.3.